The lowest BCUT2D eigenvalue weighted by atomic mass is 10.0. The fourth-order valence-corrected chi connectivity index (χ4v) is 9.06. The van der Waals surface area contributed by atoms with E-state index in [2.05, 4.69) is 155 Å². The lowest BCUT2D eigenvalue weighted by Gasteiger charge is -2.10. The number of carbonyl (C=O) groups excluding carboxylic acids is 1. The molecule has 0 atom stereocenters. The molecule has 63 heavy (non-hydrogen) atoms. The normalized spacial score (nSPS) is 10.3. The van der Waals surface area contributed by atoms with E-state index in [1.54, 1.807) is 12.1 Å². The molecule has 0 radical (unpaired) electrons. The van der Waals surface area contributed by atoms with Crippen molar-refractivity contribution in [3.05, 3.63) is 229 Å². The first-order valence-corrected chi connectivity index (χ1v) is 22.9. The number of halogens is 5. The molecule has 306 valence electrons. The van der Waals surface area contributed by atoms with E-state index in [4.69, 9.17) is 31.8 Å². The molecule has 0 aliphatic heterocycles. The summed E-state index contributed by atoms with van der Waals surface area (Å²) in [6, 6.07) is 68.4. The van der Waals surface area contributed by atoms with Crippen LogP contribution in [0.15, 0.2) is 218 Å². The van der Waals surface area contributed by atoms with Crippen LogP contribution in [-0.2, 0) is 0 Å². The number of benzene rings is 8. The lowest BCUT2D eigenvalue weighted by Crippen LogP contribution is -2.00. The van der Waals surface area contributed by atoms with Gasteiger partial charge >= 0.3 is 0 Å². The van der Waals surface area contributed by atoms with Crippen molar-refractivity contribution in [3.63, 3.8) is 0 Å². The fourth-order valence-electron chi connectivity index (χ4n) is 6.37. The molecule has 0 saturated heterocycles. The topological polar surface area (TPSA) is 79.5 Å². The molecule has 9 rings (SSSR count). The van der Waals surface area contributed by atoms with Gasteiger partial charge in [0.25, 0.3) is 5.24 Å². The van der Waals surface area contributed by atoms with E-state index in [0.717, 1.165) is 51.3 Å². The zero-order valence-electron chi connectivity index (χ0n) is 33.1. The van der Waals surface area contributed by atoms with Gasteiger partial charge < -0.3 is 0 Å². The number of aromatic nitrogens is 3. The molecule has 0 aliphatic carbocycles. The second-order valence-corrected chi connectivity index (χ2v) is 17.8. The summed E-state index contributed by atoms with van der Waals surface area (Å²) in [7, 11) is 0. The van der Waals surface area contributed by atoms with Gasteiger partial charge in [-0.3, -0.25) is 4.79 Å². The molecular formula is C53H33Br4ClN4O. The molecule has 1 heterocycles. The Hall–Kier alpha value is -5.86. The van der Waals surface area contributed by atoms with Crippen molar-refractivity contribution >= 4 is 80.6 Å². The Kier molecular flexibility index (Phi) is 15.8. The standard InChI is InChI=1S/C33H21Br2N3.C13H9N.C7H3Br2ClO/c34-29-19-28(20-30(35)21-29)33-37-31(26-15-11-24(12-16-26)22-7-3-1-4-8-22)36-32(38-33)27-17-13-25(14-18-27)23-9-5-2-6-10-23;14-10-11-6-8-13(9-7-11)12-4-2-1-3-5-12;8-5-1-4(7(10)11)2-6(9)3-5/h1-21H;1-9H;1-3H. The highest BCUT2D eigenvalue weighted by molar-refractivity contribution is 9.11. The maximum atomic E-state index is 10.7. The second-order valence-electron chi connectivity index (χ2n) is 13.8. The molecule has 0 spiro atoms. The third-order valence-corrected chi connectivity index (χ3v) is 11.5. The number of hydrogen-bond acceptors (Lipinski definition) is 5. The predicted molar refractivity (Wildman–Crippen MR) is 271 cm³/mol. The van der Waals surface area contributed by atoms with Gasteiger partial charge in [-0.2, -0.15) is 5.26 Å². The minimum absolute atomic E-state index is 0.452. The Labute approximate surface area is 405 Å². The van der Waals surface area contributed by atoms with Gasteiger partial charge in [0.15, 0.2) is 17.5 Å². The van der Waals surface area contributed by atoms with Crippen LogP contribution in [0.25, 0.3) is 67.5 Å². The second kappa shape index (κ2) is 22.0. The third-order valence-electron chi connectivity index (χ3n) is 9.47. The highest BCUT2D eigenvalue weighted by Crippen LogP contribution is 2.31. The lowest BCUT2D eigenvalue weighted by molar-refractivity contribution is 0.108. The largest absolute Gasteiger partial charge is 0.276 e. The molecule has 9 aromatic rings. The van der Waals surface area contributed by atoms with Gasteiger partial charge in [-0.1, -0.05) is 215 Å². The molecule has 0 amide bonds. The Bertz CT molecular complexity index is 2860. The Morgan fingerprint density at radius 2 is 0.667 bits per heavy atom. The van der Waals surface area contributed by atoms with Crippen molar-refractivity contribution in [3.8, 4) is 73.6 Å². The Morgan fingerprint density at radius 1 is 0.381 bits per heavy atom. The zero-order chi connectivity index (χ0) is 44.1. The molecule has 10 heteroatoms. The SMILES string of the molecule is Brc1cc(Br)cc(-c2nc(-c3ccc(-c4ccccc4)cc3)nc(-c3ccc(-c4ccccc4)cc3)n2)c1.N#Cc1ccc(-c2ccccc2)cc1.O=C(Cl)c1cc(Br)cc(Br)c1. The fraction of sp³-hybridized carbons (Fsp3) is 0. The smallest absolute Gasteiger partial charge is 0.252 e. The van der Waals surface area contributed by atoms with Crippen LogP contribution in [-0.4, -0.2) is 20.2 Å². The van der Waals surface area contributed by atoms with Gasteiger partial charge in [0.1, 0.15) is 0 Å². The van der Waals surface area contributed by atoms with E-state index >= 15 is 0 Å². The summed E-state index contributed by atoms with van der Waals surface area (Å²) in [6.45, 7) is 0. The van der Waals surface area contributed by atoms with Gasteiger partial charge in [0.2, 0.25) is 0 Å². The van der Waals surface area contributed by atoms with Crippen molar-refractivity contribution in [2.24, 2.45) is 0 Å². The summed E-state index contributed by atoms with van der Waals surface area (Å²) < 4.78 is 3.56. The molecule has 0 saturated carbocycles. The molecule has 0 N–H and O–H groups in total. The number of nitrogens with zero attached hydrogens (tertiary/aromatic N) is 4. The van der Waals surface area contributed by atoms with E-state index in [1.807, 2.05) is 103 Å². The van der Waals surface area contributed by atoms with Gasteiger partial charge in [-0.25, -0.2) is 15.0 Å². The maximum Gasteiger partial charge on any atom is 0.252 e. The summed E-state index contributed by atoms with van der Waals surface area (Å²) in [5.41, 5.74) is 10.9. The van der Waals surface area contributed by atoms with Crippen LogP contribution in [0, 0.1) is 11.3 Å². The monoisotopic (exact) mass is 1090 g/mol. The van der Waals surface area contributed by atoms with Crippen molar-refractivity contribution in [2.75, 3.05) is 0 Å². The van der Waals surface area contributed by atoms with E-state index in [9.17, 15) is 4.79 Å². The number of rotatable bonds is 7. The molecule has 0 bridgehead atoms. The van der Waals surface area contributed by atoms with E-state index in [1.165, 1.54) is 16.7 Å². The van der Waals surface area contributed by atoms with Crippen LogP contribution in [0.2, 0.25) is 0 Å². The van der Waals surface area contributed by atoms with E-state index < -0.39 is 5.24 Å². The average Bonchev–Trinajstić information content (AvgIpc) is 3.32. The predicted octanol–water partition coefficient (Wildman–Crippen LogP) is 16.5. The van der Waals surface area contributed by atoms with E-state index in [-0.39, 0.29) is 0 Å². The minimum atomic E-state index is -0.452. The maximum absolute atomic E-state index is 10.7. The molecule has 0 unspecified atom stereocenters. The summed E-state index contributed by atoms with van der Waals surface area (Å²) in [6.07, 6.45) is 0. The van der Waals surface area contributed by atoms with Gasteiger partial charge in [-0.05, 0) is 93.5 Å². The number of carbonyl (C=O) groups is 1. The van der Waals surface area contributed by atoms with Gasteiger partial charge in [-0.15, -0.1) is 0 Å². The minimum Gasteiger partial charge on any atom is -0.276 e. The highest BCUT2D eigenvalue weighted by atomic mass is 79.9. The summed E-state index contributed by atoms with van der Waals surface area (Å²) in [5, 5.41) is 8.20. The van der Waals surface area contributed by atoms with Gasteiger partial charge in [0.05, 0.1) is 11.6 Å². The highest BCUT2D eigenvalue weighted by Gasteiger charge is 2.14. The molecule has 0 aliphatic rings. The molecular weight excluding hydrogens is 1060 g/mol. The first-order valence-electron chi connectivity index (χ1n) is 19.4. The summed E-state index contributed by atoms with van der Waals surface area (Å²) in [5.74, 6) is 1.88. The van der Waals surface area contributed by atoms with Crippen LogP contribution in [0.3, 0.4) is 0 Å². The van der Waals surface area contributed by atoms with Crippen LogP contribution in [0.4, 0.5) is 0 Å². The molecule has 0 fully saturated rings. The van der Waals surface area contributed by atoms with Crippen molar-refractivity contribution in [2.45, 2.75) is 0 Å². The number of hydrogen-bond donors (Lipinski definition) is 0. The van der Waals surface area contributed by atoms with Gasteiger partial charge in [0, 0.05) is 40.1 Å². The van der Waals surface area contributed by atoms with Crippen LogP contribution in [0.1, 0.15) is 15.9 Å². The van der Waals surface area contributed by atoms with E-state index in [0.29, 0.717) is 28.6 Å². The molecule has 5 nitrogen and oxygen atoms in total. The van der Waals surface area contributed by atoms with Crippen LogP contribution < -0.4 is 0 Å². The van der Waals surface area contributed by atoms with Crippen molar-refractivity contribution < 1.29 is 4.79 Å². The quantitative estimate of drug-likeness (QED) is 0.149. The van der Waals surface area contributed by atoms with Crippen molar-refractivity contribution in [1.29, 1.82) is 5.26 Å². The zero-order valence-corrected chi connectivity index (χ0v) is 40.2. The van der Waals surface area contributed by atoms with Crippen LogP contribution >= 0.6 is 75.3 Å². The molecule has 1 aromatic heterocycles. The summed E-state index contributed by atoms with van der Waals surface area (Å²) in [4.78, 5) is 25.3. The number of nitriles is 1. The summed E-state index contributed by atoms with van der Waals surface area (Å²) >= 11 is 18.9. The average molecular weight is 1100 g/mol. The first kappa shape index (κ1) is 45.2. The third kappa shape index (κ3) is 12.6. The van der Waals surface area contributed by atoms with Crippen molar-refractivity contribution in [1.82, 2.24) is 15.0 Å². The Balaban J connectivity index is 0.000000193. The van der Waals surface area contributed by atoms with Crippen LogP contribution in [0.5, 0.6) is 0 Å². The first-order chi connectivity index (χ1) is 30.6. The molecule has 8 aromatic carbocycles. The Morgan fingerprint density at radius 3 is 1.00 bits per heavy atom.